The van der Waals surface area contributed by atoms with E-state index in [1.807, 2.05) is 0 Å². The highest BCUT2D eigenvalue weighted by Gasteiger charge is 2.80. The van der Waals surface area contributed by atoms with E-state index < -0.39 is 30.3 Å². The van der Waals surface area contributed by atoms with Crippen LogP contribution in [0.1, 0.15) is 237 Å². The monoisotopic (exact) mass is 1050 g/mol. The number of ketones is 2. The molecular formula is C66H84Cl4O2. The SMILES string of the molecule is CCCCc1ccc(C2CCC3(CC2)C(=O)C2(CCC(c4ccc(CCCC)cc4)CC2)C3(Cl)Cl)cc1.CCCc1ccc(C2CCC3(CC2)C(=O)C2(CCC(c4ccc(CCC)cc4)CC2)C3(Cl)Cl)cc1. The van der Waals surface area contributed by atoms with E-state index in [1.165, 1.54) is 83.0 Å². The predicted molar refractivity (Wildman–Crippen MR) is 304 cm³/mol. The summed E-state index contributed by atoms with van der Waals surface area (Å²) in [4.78, 5) is 27.8. The molecule has 0 saturated heterocycles. The average Bonchev–Trinajstić information content (AvgIpc) is 3.42. The highest BCUT2D eigenvalue weighted by atomic mass is 35.5. The molecule has 72 heavy (non-hydrogen) atoms. The van der Waals surface area contributed by atoms with Gasteiger partial charge in [-0.1, -0.05) is 197 Å². The van der Waals surface area contributed by atoms with Crippen LogP contribution >= 0.6 is 46.4 Å². The maximum absolute atomic E-state index is 13.9. The topological polar surface area (TPSA) is 34.1 Å². The van der Waals surface area contributed by atoms with Crippen LogP contribution in [0.15, 0.2) is 97.1 Å². The van der Waals surface area contributed by atoms with Crippen LogP contribution in [0.5, 0.6) is 0 Å². The van der Waals surface area contributed by atoms with Gasteiger partial charge in [-0.05, 0) is 209 Å². The second-order valence-electron chi connectivity index (χ2n) is 23.9. The quantitative estimate of drug-likeness (QED) is 0.118. The molecule has 6 aliphatic carbocycles. The Labute approximate surface area is 454 Å². The molecule has 0 N–H and O–H groups in total. The van der Waals surface area contributed by atoms with Gasteiger partial charge in [0.05, 0.1) is 21.7 Å². The van der Waals surface area contributed by atoms with Crippen LogP contribution in [0.3, 0.4) is 0 Å². The third kappa shape index (κ3) is 9.65. The van der Waals surface area contributed by atoms with Crippen LogP contribution in [-0.2, 0) is 35.3 Å². The van der Waals surface area contributed by atoms with Gasteiger partial charge >= 0.3 is 0 Å². The van der Waals surface area contributed by atoms with E-state index in [9.17, 15) is 9.59 Å². The van der Waals surface area contributed by atoms with E-state index in [1.54, 1.807) is 0 Å². The van der Waals surface area contributed by atoms with Crippen LogP contribution < -0.4 is 0 Å². The third-order valence-electron chi connectivity index (χ3n) is 20.0. The lowest BCUT2D eigenvalue weighted by Crippen LogP contribution is -2.74. The fourth-order valence-electron chi connectivity index (χ4n) is 15.4. The zero-order valence-electron chi connectivity index (χ0n) is 44.3. The summed E-state index contributed by atoms with van der Waals surface area (Å²) >= 11 is 28.9. The summed E-state index contributed by atoms with van der Waals surface area (Å²) < 4.78 is -1.86. The van der Waals surface area contributed by atoms with Crippen LogP contribution in [0.4, 0.5) is 0 Å². The van der Waals surface area contributed by atoms with Crippen molar-refractivity contribution < 1.29 is 9.59 Å². The molecule has 388 valence electrons. The van der Waals surface area contributed by atoms with Gasteiger partial charge in [-0.3, -0.25) is 9.59 Å². The molecule has 6 fully saturated rings. The van der Waals surface area contributed by atoms with Crippen LogP contribution in [0.25, 0.3) is 0 Å². The number of carbonyl (C=O) groups is 2. The van der Waals surface area contributed by atoms with Crippen molar-refractivity contribution in [1.82, 2.24) is 0 Å². The molecule has 2 nitrogen and oxygen atoms in total. The first-order chi connectivity index (χ1) is 34.7. The Balaban J connectivity index is 0.000000178. The van der Waals surface area contributed by atoms with E-state index in [0.717, 1.165) is 128 Å². The highest BCUT2D eigenvalue weighted by molar-refractivity contribution is 6.55. The summed E-state index contributed by atoms with van der Waals surface area (Å²) in [6, 6.07) is 36.7. The van der Waals surface area contributed by atoms with Crippen LogP contribution in [0, 0.1) is 21.7 Å². The second kappa shape index (κ2) is 22.5. The fourth-order valence-corrected chi connectivity index (χ4v) is 17.6. The van der Waals surface area contributed by atoms with Gasteiger partial charge in [0, 0.05) is 0 Å². The molecule has 0 bridgehead atoms. The van der Waals surface area contributed by atoms with Crippen molar-refractivity contribution in [3.8, 4) is 0 Å². The Morgan fingerprint density at radius 3 is 0.722 bits per heavy atom. The van der Waals surface area contributed by atoms with Gasteiger partial charge in [0.15, 0.2) is 11.6 Å². The number of benzene rings is 4. The Morgan fingerprint density at radius 2 is 0.542 bits per heavy atom. The molecule has 0 heterocycles. The molecule has 6 saturated carbocycles. The normalized spacial score (nSPS) is 31.5. The number of rotatable bonds is 14. The Hall–Kier alpha value is -2.62. The first-order valence-electron chi connectivity index (χ1n) is 28.9. The Kier molecular flexibility index (Phi) is 17.0. The number of hydrogen-bond acceptors (Lipinski definition) is 2. The van der Waals surface area contributed by atoms with Crippen molar-refractivity contribution in [2.75, 3.05) is 0 Å². The summed E-state index contributed by atoms with van der Waals surface area (Å²) in [6.45, 7) is 8.92. The minimum Gasteiger partial charge on any atom is -0.298 e. The smallest absolute Gasteiger partial charge is 0.151 e. The third-order valence-corrected chi connectivity index (χ3v) is 22.9. The lowest BCUT2D eigenvalue weighted by atomic mass is 9.42. The summed E-state index contributed by atoms with van der Waals surface area (Å²) in [5.74, 6) is 2.80. The number of unbranched alkanes of at least 4 members (excludes halogenated alkanes) is 2. The second-order valence-corrected chi connectivity index (χ2v) is 26.6. The molecule has 4 aromatic carbocycles. The predicted octanol–water partition coefficient (Wildman–Crippen LogP) is 19.5. The molecule has 0 atom stereocenters. The highest BCUT2D eigenvalue weighted by Crippen LogP contribution is 2.76. The minimum atomic E-state index is -0.930. The number of Topliss-reactive ketones (excluding diaryl/α,β-unsaturated/α-hetero) is 2. The molecule has 0 aromatic heterocycles. The summed E-state index contributed by atoms with van der Waals surface area (Å²) in [6.07, 6.45) is 26.5. The average molecular weight is 1050 g/mol. The van der Waals surface area contributed by atoms with Gasteiger partial charge in [0.1, 0.15) is 8.67 Å². The van der Waals surface area contributed by atoms with E-state index in [2.05, 4.69) is 125 Å². The fraction of sp³-hybridized carbons (Fsp3) is 0.606. The number of halogens is 4. The van der Waals surface area contributed by atoms with Gasteiger partial charge in [0.2, 0.25) is 0 Å². The Bertz CT molecular complexity index is 2250. The number of aryl methyl sites for hydroxylation is 4. The van der Waals surface area contributed by atoms with Gasteiger partial charge in [-0.25, -0.2) is 0 Å². The standard InChI is InChI=1S/C34H44Cl2O.C32H40Cl2O/c1-3-5-7-25-9-13-27(14-10-25)29-17-21-32(22-18-29)31(37)33(34(32,35)36)23-19-30(20-24-33)28-15-11-26(12-16-28)8-6-4-2;1-3-5-23-7-11-25(12-8-23)27-15-19-30(20-16-27)29(35)31(32(30,33)34)21-17-28(18-22-31)26-13-9-24(6-4-2)10-14-26/h9-16,29-30H,3-8,17-24H2,1-2H3;7-14,27-28H,3-6,15-22H2,1-2H3. The zero-order chi connectivity index (χ0) is 50.8. The van der Waals surface area contributed by atoms with Crippen molar-refractivity contribution in [3.05, 3.63) is 142 Å². The molecule has 4 aromatic rings. The van der Waals surface area contributed by atoms with Crippen molar-refractivity contribution >= 4 is 58.0 Å². The first kappa shape index (κ1) is 54.2. The molecular weight excluding hydrogens is 967 g/mol. The summed E-state index contributed by atoms with van der Waals surface area (Å²) in [7, 11) is 0. The molecule has 0 amide bonds. The van der Waals surface area contributed by atoms with Crippen LogP contribution in [-0.4, -0.2) is 20.2 Å². The molecule has 0 radical (unpaired) electrons. The largest absolute Gasteiger partial charge is 0.298 e. The van der Waals surface area contributed by atoms with Crippen molar-refractivity contribution in [2.45, 2.75) is 227 Å². The summed E-state index contributed by atoms with van der Waals surface area (Å²) in [5, 5.41) is 0. The van der Waals surface area contributed by atoms with Crippen molar-refractivity contribution in [3.63, 3.8) is 0 Å². The molecule has 6 aliphatic rings. The molecule has 0 unspecified atom stereocenters. The molecule has 6 heteroatoms. The van der Waals surface area contributed by atoms with Gasteiger partial charge in [-0.2, -0.15) is 0 Å². The lowest BCUT2D eigenvalue weighted by Gasteiger charge is -2.67. The Morgan fingerprint density at radius 1 is 0.333 bits per heavy atom. The van der Waals surface area contributed by atoms with Gasteiger partial charge in [0.25, 0.3) is 0 Å². The number of alkyl halides is 4. The van der Waals surface area contributed by atoms with Gasteiger partial charge < -0.3 is 0 Å². The van der Waals surface area contributed by atoms with E-state index in [0.29, 0.717) is 35.2 Å². The maximum Gasteiger partial charge on any atom is 0.151 e. The van der Waals surface area contributed by atoms with E-state index in [-0.39, 0.29) is 0 Å². The van der Waals surface area contributed by atoms with Crippen molar-refractivity contribution in [2.24, 2.45) is 21.7 Å². The molecule has 10 rings (SSSR count). The van der Waals surface area contributed by atoms with Crippen LogP contribution in [0.2, 0.25) is 0 Å². The minimum absolute atomic E-state index is 0.378. The molecule has 0 aliphatic heterocycles. The number of hydrogen-bond donors (Lipinski definition) is 0. The lowest BCUT2D eigenvalue weighted by molar-refractivity contribution is -0.171. The van der Waals surface area contributed by atoms with E-state index in [4.69, 9.17) is 46.4 Å². The molecule has 4 spiro atoms. The van der Waals surface area contributed by atoms with E-state index >= 15 is 0 Å². The zero-order valence-corrected chi connectivity index (χ0v) is 47.3. The van der Waals surface area contributed by atoms with Gasteiger partial charge in [-0.15, -0.1) is 0 Å². The maximum atomic E-state index is 13.9. The van der Waals surface area contributed by atoms with Crippen molar-refractivity contribution in [1.29, 1.82) is 0 Å². The summed E-state index contributed by atoms with van der Waals surface area (Å²) in [5.41, 5.74) is 9.15. The number of carbonyl (C=O) groups excluding carboxylic acids is 2. The first-order valence-corrected chi connectivity index (χ1v) is 30.5.